The Morgan fingerprint density at radius 2 is 1.88 bits per heavy atom. The quantitative estimate of drug-likeness (QED) is 0.504. The summed E-state index contributed by atoms with van der Waals surface area (Å²) in [4.78, 5) is 1.30. The van der Waals surface area contributed by atoms with Gasteiger partial charge in [-0.15, -0.1) is 11.3 Å². The highest BCUT2D eigenvalue weighted by Gasteiger charge is 2.11. The molecule has 0 saturated carbocycles. The van der Waals surface area contributed by atoms with Crippen LogP contribution < -0.4 is 14.8 Å². The van der Waals surface area contributed by atoms with Crippen LogP contribution in [0.15, 0.2) is 58.4 Å². The van der Waals surface area contributed by atoms with Crippen molar-refractivity contribution in [2.75, 3.05) is 7.11 Å². The normalized spacial score (nSPS) is 10.7. The Morgan fingerprint density at radius 1 is 1.08 bits per heavy atom. The van der Waals surface area contributed by atoms with Crippen molar-refractivity contribution in [1.82, 2.24) is 5.32 Å². The van der Waals surface area contributed by atoms with Crippen LogP contribution in [-0.2, 0) is 19.7 Å². The summed E-state index contributed by atoms with van der Waals surface area (Å²) in [5.74, 6) is 1.06. The molecule has 26 heavy (non-hydrogen) atoms. The average molecular weight is 436 g/mol. The van der Waals surface area contributed by atoms with Crippen molar-refractivity contribution in [3.63, 3.8) is 0 Å². The predicted octanol–water partition coefficient (Wildman–Crippen LogP) is 5.53. The molecule has 0 unspecified atom stereocenters. The molecule has 1 N–H and O–H groups in total. The number of ether oxygens (including phenoxy) is 2. The number of halogens is 2. The van der Waals surface area contributed by atoms with Crippen LogP contribution in [0.2, 0.25) is 0 Å². The van der Waals surface area contributed by atoms with Gasteiger partial charge in [0.25, 0.3) is 0 Å². The molecule has 6 heteroatoms. The maximum atomic E-state index is 13.0. The highest BCUT2D eigenvalue weighted by Crippen LogP contribution is 2.34. The van der Waals surface area contributed by atoms with Crippen molar-refractivity contribution in [1.29, 1.82) is 0 Å². The van der Waals surface area contributed by atoms with Gasteiger partial charge in [0, 0.05) is 22.4 Å². The number of hydrogen-bond donors (Lipinski definition) is 1. The molecule has 0 aliphatic heterocycles. The van der Waals surface area contributed by atoms with Crippen LogP contribution in [0, 0.1) is 5.82 Å². The monoisotopic (exact) mass is 435 g/mol. The van der Waals surface area contributed by atoms with Crippen LogP contribution in [0.3, 0.4) is 0 Å². The lowest BCUT2D eigenvalue weighted by atomic mass is 10.2. The van der Waals surface area contributed by atoms with Crippen molar-refractivity contribution in [3.8, 4) is 11.5 Å². The van der Waals surface area contributed by atoms with E-state index < -0.39 is 0 Å². The van der Waals surface area contributed by atoms with Gasteiger partial charge in [0.2, 0.25) is 0 Å². The van der Waals surface area contributed by atoms with Gasteiger partial charge in [0.15, 0.2) is 11.5 Å². The number of rotatable bonds is 8. The number of hydrogen-bond acceptors (Lipinski definition) is 4. The molecule has 0 spiro atoms. The van der Waals surface area contributed by atoms with Crippen LogP contribution in [0.5, 0.6) is 11.5 Å². The standard InChI is InChI=1S/C20H19BrFNO2S/c1-24-19-9-15(11-23-12-17-3-2-8-26-17)18(21)10-20(19)25-13-14-4-6-16(22)7-5-14/h2-10,23H,11-13H2,1H3. The smallest absolute Gasteiger partial charge is 0.162 e. The second-order valence-corrected chi connectivity index (χ2v) is 7.58. The van der Waals surface area contributed by atoms with Gasteiger partial charge < -0.3 is 14.8 Å². The predicted molar refractivity (Wildman–Crippen MR) is 106 cm³/mol. The second-order valence-electron chi connectivity index (χ2n) is 5.69. The van der Waals surface area contributed by atoms with E-state index in [4.69, 9.17) is 9.47 Å². The Hall–Kier alpha value is -1.89. The van der Waals surface area contributed by atoms with E-state index in [0.717, 1.165) is 22.1 Å². The first-order valence-electron chi connectivity index (χ1n) is 8.12. The fourth-order valence-electron chi connectivity index (χ4n) is 2.46. The minimum absolute atomic E-state index is 0.256. The molecule has 2 aromatic carbocycles. The summed E-state index contributed by atoms with van der Waals surface area (Å²) in [6, 6.07) is 14.3. The van der Waals surface area contributed by atoms with Gasteiger partial charge in [-0.25, -0.2) is 4.39 Å². The largest absolute Gasteiger partial charge is 0.493 e. The molecule has 0 atom stereocenters. The molecule has 0 amide bonds. The summed E-state index contributed by atoms with van der Waals surface area (Å²) in [6.07, 6.45) is 0. The Kier molecular flexibility index (Phi) is 6.66. The van der Waals surface area contributed by atoms with E-state index in [1.54, 1.807) is 30.6 Å². The molecule has 3 rings (SSSR count). The molecule has 3 nitrogen and oxygen atoms in total. The molecule has 1 heterocycles. The highest BCUT2D eigenvalue weighted by atomic mass is 79.9. The molecule has 0 aliphatic rings. The van der Waals surface area contributed by atoms with E-state index >= 15 is 0 Å². The molecule has 0 aliphatic carbocycles. The fourth-order valence-corrected chi connectivity index (χ4v) is 3.60. The van der Waals surface area contributed by atoms with Crippen molar-refractivity contribution < 1.29 is 13.9 Å². The number of thiophene rings is 1. The van der Waals surface area contributed by atoms with E-state index in [9.17, 15) is 4.39 Å². The highest BCUT2D eigenvalue weighted by molar-refractivity contribution is 9.10. The van der Waals surface area contributed by atoms with Crippen LogP contribution in [-0.4, -0.2) is 7.11 Å². The third-order valence-electron chi connectivity index (χ3n) is 3.84. The Bertz CT molecular complexity index is 838. The van der Waals surface area contributed by atoms with Gasteiger partial charge in [0.05, 0.1) is 7.11 Å². The van der Waals surface area contributed by atoms with Gasteiger partial charge in [-0.1, -0.05) is 34.1 Å². The first-order chi connectivity index (χ1) is 12.7. The molecule has 0 radical (unpaired) electrons. The summed E-state index contributed by atoms with van der Waals surface area (Å²) in [5.41, 5.74) is 1.99. The molecular weight excluding hydrogens is 417 g/mol. The van der Waals surface area contributed by atoms with Crippen molar-refractivity contribution in [2.45, 2.75) is 19.7 Å². The minimum atomic E-state index is -0.256. The summed E-state index contributed by atoms with van der Waals surface area (Å²) in [5, 5.41) is 5.50. The summed E-state index contributed by atoms with van der Waals surface area (Å²) >= 11 is 5.34. The number of methoxy groups -OCH3 is 1. The lowest BCUT2D eigenvalue weighted by Gasteiger charge is -2.14. The summed E-state index contributed by atoms with van der Waals surface area (Å²) < 4.78 is 25.3. The van der Waals surface area contributed by atoms with Gasteiger partial charge in [-0.2, -0.15) is 0 Å². The average Bonchev–Trinajstić information content (AvgIpc) is 3.16. The van der Waals surface area contributed by atoms with E-state index in [1.807, 2.05) is 18.2 Å². The maximum absolute atomic E-state index is 13.0. The van der Waals surface area contributed by atoms with E-state index in [2.05, 4.69) is 32.7 Å². The van der Waals surface area contributed by atoms with Crippen LogP contribution in [0.4, 0.5) is 4.39 Å². The molecule has 136 valence electrons. The Balaban J connectivity index is 1.64. The van der Waals surface area contributed by atoms with E-state index in [0.29, 0.717) is 24.7 Å². The topological polar surface area (TPSA) is 30.5 Å². The second kappa shape index (κ2) is 9.16. The van der Waals surface area contributed by atoms with Gasteiger partial charge in [-0.3, -0.25) is 0 Å². The van der Waals surface area contributed by atoms with Gasteiger partial charge in [0.1, 0.15) is 12.4 Å². The zero-order chi connectivity index (χ0) is 18.4. The summed E-state index contributed by atoms with van der Waals surface area (Å²) in [6.45, 7) is 1.89. The zero-order valence-electron chi connectivity index (χ0n) is 14.3. The lowest BCUT2D eigenvalue weighted by Crippen LogP contribution is -2.12. The van der Waals surface area contributed by atoms with Crippen LogP contribution in [0.25, 0.3) is 0 Å². The van der Waals surface area contributed by atoms with E-state index in [1.165, 1.54) is 17.0 Å². The van der Waals surface area contributed by atoms with Crippen molar-refractivity contribution >= 4 is 27.3 Å². The lowest BCUT2D eigenvalue weighted by molar-refractivity contribution is 0.284. The van der Waals surface area contributed by atoms with Gasteiger partial charge >= 0.3 is 0 Å². The van der Waals surface area contributed by atoms with Crippen LogP contribution >= 0.6 is 27.3 Å². The molecule has 1 aromatic heterocycles. The van der Waals surface area contributed by atoms with Gasteiger partial charge in [-0.05, 0) is 46.8 Å². The summed E-state index contributed by atoms with van der Waals surface area (Å²) in [7, 11) is 1.62. The van der Waals surface area contributed by atoms with Crippen molar-refractivity contribution in [3.05, 3.63) is 80.2 Å². The molecule has 0 bridgehead atoms. The first-order valence-corrected chi connectivity index (χ1v) is 9.79. The number of nitrogens with one attached hydrogen (secondary N) is 1. The molecule has 0 saturated heterocycles. The Morgan fingerprint density at radius 3 is 2.58 bits per heavy atom. The van der Waals surface area contributed by atoms with Crippen LogP contribution in [0.1, 0.15) is 16.0 Å². The Labute approximate surface area is 164 Å². The minimum Gasteiger partial charge on any atom is -0.493 e. The molecule has 0 fully saturated rings. The SMILES string of the molecule is COc1cc(CNCc2cccs2)c(Br)cc1OCc1ccc(F)cc1. The number of benzene rings is 2. The van der Waals surface area contributed by atoms with E-state index in [-0.39, 0.29) is 5.82 Å². The molecule has 3 aromatic rings. The maximum Gasteiger partial charge on any atom is 0.162 e. The third kappa shape index (κ3) is 5.06. The first kappa shape index (κ1) is 18.9. The fraction of sp³-hybridized carbons (Fsp3) is 0.200. The van der Waals surface area contributed by atoms with Crippen molar-refractivity contribution in [2.24, 2.45) is 0 Å². The molecular formula is C20H19BrFNO2S. The third-order valence-corrected chi connectivity index (χ3v) is 5.45. The zero-order valence-corrected chi connectivity index (χ0v) is 16.7.